The molecule has 4 rings (SSSR count). The third kappa shape index (κ3) is 4.37. The van der Waals surface area contributed by atoms with Crippen molar-refractivity contribution in [3.05, 3.63) is 72.3 Å². The van der Waals surface area contributed by atoms with E-state index in [1.54, 1.807) is 41.7 Å². The number of nitrogens with one attached hydrogen (secondary N) is 2. The monoisotopic (exact) mass is 414 g/mol. The van der Waals surface area contributed by atoms with E-state index in [4.69, 9.17) is 0 Å². The Bertz CT molecular complexity index is 1260. The molecule has 0 fully saturated rings. The number of amides is 2. The molecule has 8 heteroatoms. The van der Waals surface area contributed by atoms with Crippen LogP contribution in [0.2, 0.25) is 0 Å². The Labute approximate surface area is 179 Å². The highest BCUT2D eigenvalue weighted by atomic mass is 16.2. The Morgan fingerprint density at radius 3 is 2.35 bits per heavy atom. The van der Waals surface area contributed by atoms with E-state index in [0.717, 1.165) is 22.6 Å². The standard InChI is InChI=1S/C23H22N6O2/c1-15(30)24-18-10-12-19(13-11-18)25-23-26-21-9-5-8-20(29(21)27-23)16-6-4-7-17(14-16)22(31)28(2)3/h4-14H,1-3H3,(H,24,30)(H,25,27). The first-order chi connectivity index (χ1) is 14.9. The van der Waals surface area contributed by atoms with Gasteiger partial charge in [0.15, 0.2) is 5.65 Å². The average Bonchev–Trinajstić information content (AvgIpc) is 3.16. The molecule has 0 atom stereocenters. The smallest absolute Gasteiger partial charge is 0.253 e. The summed E-state index contributed by atoms with van der Waals surface area (Å²) in [5.74, 6) is 0.268. The maximum atomic E-state index is 12.3. The van der Waals surface area contributed by atoms with Crippen LogP contribution in [0, 0.1) is 0 Å². The highest BCUT2D eigenvalue weighted by Gasteiger charge is 2.12. The minimum atomic E-state index is -0.119. The lowest BCUT2D eigenvalue weighted by atomic mass is 10.1. The molecule has 0 aliphatic carbocycles. The maximum absolute atomic E-state index is 12.3. The minimum Gasteiger partial charge on any atom is -0.345 e. The van der Waals surface area contributed by atoms with Gasteiger partial charge in [-0.05, 0) is 48.5 Å². The van der Waals surface area contributed by atoms with Gasteiger partial charge in [-0.3, -0.25) is 9.59 Å². The van der Waals surface area contributed by atoms with E-state index in [1.807, 2.05) is 48.5 Å². The summed E-state index contributed by atoms with van der Waals surface area (Å²) < 4.78 is 1.74. The maximum Gasteiger partial charge on any atom is 0.253 e. The van der Waals surface area contributed by atoms with Gasteiger partial charge in [0.05, 0.1) is 5.69 Å². The van der Waals surface area contributed by atoms with E-state index in [0.29, 0.717) is 17.2 Å². The van der Waals surface area contributed by atoms with Gasteiger partial charge in [-0.15, -0.1) is 5.10 Å². The predicted molar refractivity (Wildman–Crippen MR) is 120 cm³/mol. The summed E-state index contributed by atoms with van der Waals surface area (Å²) in [5, 5.41) is 10.5. The zero-order chi connectivity index (χ0) is 22.0. The number of rotatable bonds is 5. The highest BCUT2D eigenvalue weighted by molar-refractivity contribution is 5.95. The van der Waals surface area contributed by atoms with Crippen molar-refractivity contribution >= 4 is 34.8 Å². The topological polar surface area (TPSA) is 91.6 Å². The first kappa shape index (κ1) is 20.1. The van der Waals surface area contributed by atoms with Gasteiger partial charge < -0.3 is 15.5 Å². The first-order valence-corrected chi connectivity index (χ1v) is 9.73. The van der Waals surface area contributed by atoms with Gasteiger partial charge in [-0.2, -0.15) is 4.98 Å². The molecule has 31 heavy (non-hydrogen) atoms. The van der Waals surface area contributed by atoms with Crippen molar-refractivity contribution in [1.82, 2.24) is 19.5 Å². The Balaban J connectivity index is 1.64. The molecule has 2 aromatic carbocycles. The molecule has 0 aliphatic rings. The van der Waals surface area contributed by atoms with Gasteiger partial charge in [0.1, 0.15) is 0 Å². The van der Waals surface area contributed by atoms with Crippen molar-refractivity contribution in [1.29, 1.82) is 0 Å². The lowest BCUT2D eigenvalue weighted by Gasteiger charge is -2.11. The Kier molecular flexibility index (Phi) is 5.36. The van der Waals surface area contributed by atoms with Gasteiger partial charge in [0, 0.05) is 43.5 Å². The fourth-order valence-corrected chi connectivity index (χ4v) is 3.22. The number of carbonyl (C=O) groups is 2. The molecule has 0 aliphatic heterocycles. The van der Waals surface area contributed by atoms with Crippen LogP contribution in [0.25, 0.3) is 16.9 Å². The summed E-state index contributed by atoms with van der Waals surface area (Å²) in [6.45, 7) is 1.47. The number of benzene rings is 2. The molecule has 2 heterocycles. The van der Waals surface area contributed by atoms with E-state index >= 15 is 0 Å². The fourth-order valence-electron chi connectivity index (χ4n) is 3.22. The SMILES string of the molecule is CC(=O)Nc1ccc(Nc2nc3cccc(-c4cccc(C(=O)N(C)C)c4)n3n2)cc1. The molecule has 2 N–H and O–H groups in total. The fraction of sp³-hybridized carbons (Fsp3) is 0.130. The molecule has 2 aromatic heterocycles. The molecule has 156 valence electrons. The molecule has 2 amide bonds. The van der Waals surface area contributed by atoms with E-state index < -0.39 is 0 Å². The molecule has 0 unspecified atom stereocenters. The minimum absolute atomic E-state index is 0.0577. The normalized spacial score (nSPS) is 10.7. The van der Waals surface area contributed by atoms with Crippen LogP contribution in [0.15, 0.2) is 66.7 Å². The third-order valence-corrected chi connectivity index (χ3v) is 4.63. The van der Waals surface area contributed by atoms with Crippen LogP contribution in [-0.4, -0.2) is 45.4 Å². The largest absolute Gasteiger partial charge is 0.345 e. The van der Waals surface area contributed by atoms with E-state index in [2.05, 4.69) is 20.7 Å². The van der Waals surface area contributed by atoms with Crippen LogP contribution in [0.1, 0.15) is 17.3 Å². The molecule has 0 saturated carbocycles. The highest BCUT2D eigenvalue weighted by Crippen LogP contribution is 2.24. The van der Waals surface area contributed by atoms with Gasteiger partial charge >= 0.3 is 0 Å². The summed E-state index contributed by atoms with van der Waals surface area (Å²) in [5.41, 5.74) is 4.50. The van der Waals surface area contributed by atoms with E-state index in [-0.39, 0.29) is 11.8 Å². The van der Waals surface area contributed by atoms with E-state index in [1.165, 1.54) is 6.92 Å². The van der Waals surface area contributed by atoms with Crippen molar-refractivity contribution in [3.63, 3.8) is 0 Å². The molecular formula is C23H22N6O2. The van der Waals surface area contributed by atoms with Crippen LogP contribution < -0.4 is 10.6 Å². The Morgan fingerprint density at radius 2 is 1.65 bits per heavy atom. The quantitative estimate of drug-likeness (QED) is 0.518. The van der Waals surface area contributed by atoms with Crippen LogP contribution in [-0.2, 0) is 4.79 Å². The van der Waals surface area contributed by atoms with Gasteiger partial charge in [-0.25, -0.2) is 4.52 Å². The number of aromatic nitrogens is 3. The molecule has 8 nitrogen and oxygen atoms in total. The summed E-state index contributed by atoms with van der Waals surface area (Å²) in [4.78, 5) is 29.6. The molecule has 4 aromatic rings. The number of hydrogen-bond donors (Lipinski definition) is 2. The summed E-state index contributed by atoms with van der Waals surface area (Å²) in [7, 11) is 3.46. The second-order valence-electron chi connectivity index (χ2n) is 7.28. The molecule has 0 saturated heterocycles. The van der Waals surface area contributed by atoms with Crippen molar-refractivity contribution in [2.24, 2.45) is 0 Å². The molecule has 0 radical (unpaired) electrons. The average molecular weight is 414 g/mol. The molecular weight excluding hydrogens is 392 g/mol. The summed E-state index contributed by atoms with van der Waals surface area (Å²) in [6, 6.07) is 20.5. The predicted octanol–water partition coefficient (Wildman–Crippen LogP) is 3.80. The Hall–Kier alpha value is -4.20. The third-order valence-electron chi connectivity index (χ3n) is 4.63. The second kappa shape index (κ2) is 8.27. The zero-order valence-corrected chi connectivity index (χ0v) is 17.5. The van der Waals surface area contributed by atoms with Crippen molar-refractivity contribution < 1.29 is 9.59 Å². The summed E-state index contributed by atoms with van der Waals surface area (Å²) >= 11 is 0. The lowest BCUT2D eigenvalue weighted by molar-refractivity contribution is -0.114. The van der Waals surface area contributed by atoms with Gasteiger partial charge in [-0.1, -0.05) is 18.2 Å². The van der Waals surface area contributed by atoms with E-state index in [9.17, 15) is 9.59 Å². The van der Waals surface area contributed by atoms with Gasteiger partial charge in [0.25, 0.3) is 5.91 Å². The number of anilines is 3. The van der Waals surface area contributed by atoms with Crippen molar-refractivity contribution in [2.75, 3.05) is 24.7 Å². The van der Waals surface area contributed by atoms with Crippen molar-refractivity contribution in [3.8, 4) is 11.3 Å². The lowest BCUT2D eigenvalue weighted by Crippen LogP contribution is -2.21. The molecule has 0 spiro atoms. The van der Waals surface area contributed by atoms with Crippen LogP contribution in [0.5, 0.6) is 0 Å². The second-order valence-corrected chi connectivity index (χ2v) is 7.28. The number of carbonyl (C=O) groups excluding carboxylic acids is 2. The number of hydrogen-bond acceptors (Lipinski definition) is 5. The van der Waals surface area contributed by atoms with Crippen LogP contribution >= 0.6 is 0 Å². The first-order valence-electron chi connectivity index (χ1n) is 9.73. The summed E-state index contributed by atoms with van der Waals surface area (Å²) in [6.07, 6.45) is 0. The van der Waals surface area contributed by atoms with Crippen LogP contribution in [0.4, 0.5) is 17.3 Å². The molecule has 0 bridgehead atoms. The van der Waals surface area contributed by atoms with Gasteiger partial charge in [0.2, 0.25) is 11.9 Å². The number of nitrogens with zero attached hydrogens (tertiary/aromatic N) is 4. The van der Waals surface area contributed by atoms with Crippen LogP contribution in [0.3, 0.4) is 0 Å². The number of pyridine rings is 1. The zero-order valence-electron chi connectivity index (χ0n) is 17.5. The Morgan fingerprint density at radius 1 is 0.935 bits per heavy atom. The van der Waals surface area contributed by atoms with Crippen molar-refractivity contribution in [2.45, 2.75) is 6.92 Å². The number of fused-ring (bicyclic) bond motifs is 1.